The summed E-state index contributed by atoms with van der Waals surface area (Å²) < 4.78 is 5.17. The Balaban J connectivity index is 1.49. The maximum Gasteiger partial charge on any atom is 0.236 e. The van der Waals surface area contributed by atoms with Crippen LogP contribution < -0.4 is 15.4 Å². The lowest BCUT2D eigenvalue weighted by atomic mass is 10.1. The molecule has 0 fully saturated rings. The highest BCUT2D eigenvalue weighted by molar-refractivity contribution is 8.00. The summed E-state index contributed by atoms with van der Waals surface area (Å²) in [5, 5.41) is 8.36. The number of amides is 2. The number of aromatic nitrogens is 2. The third-order valence-corrected chi connectivity index (χ3v) is 6.06. The van der Waals surface area contributed by atoms with Crippen LogP contribution in [0.2, 0.25) is 0 Å². The van der Waals surface area contributed by atoms with E-state index in [1.165, 1.54) is 34.4 Å². The maximum absolute atomic E-state index is 12.1. The van der Waals surface area contributed by atoms with E-state index in [1.54, 1.807) is 18.7 Å². The minimum absolute atomic E-state index is 0.168. The fraction of sp³-hybridized carbons (Fsp3) is 0.222. The predicted octanol–water partition coefficient (Wildman–Crippen LogP) is 3.89. The van der Waals surface area contributed by atoms with Gasteiger partial charge in [0.15, 0.2) is 10.3 Å². The number of carbonyl (C=O) groups excluding carboxylic acids is 2. The van der Waals surface area contributed by atoms with Crippen LogP contribution in [0.5, 0.6) is 5.75 Å². The average Bonchev–Trinajstić information content (AvgIpc) is 3.31. The monoisotopic (exact) mass is 434 g/mol. The molecule has 2 N–H and O–H groups in total. The number of nitrogens with zero attached hydrogens (tertiary/aromatic N) is 2. The molecule has 28 heavy (non-hydrogen) atoms. The largest absolute Gasteiger partial charge is 0.497 e. The van der Waals surface area contributed by atoms with Crippen molar-refractivity contribution in [3.05, 3.63) is 40.7 Å². The zero-order valence-electron chi connectivity index (χ0n) is 15.2. The molecule has 0 radical (unpaired) electrons. The summed E-state index contributed by atoms with van der Waals surface area (Å²) in [5.41, 5.74) is 1.79. The van der Waals surface area contributed by atoms with Gasteiger partial charge in [-0.25, -0.2) is 9.97 Å². The number of hydrogen-bond acceptors (Lipinski definition) is 8. The van der Waals surface area contributed by atoms with Crippen LogP contribution in [-0.4, -0.2) is 40.4 Å². The molecule has 10 heteroatoms. The van der Waals surface area contributed by atoms with Gasteiger partial charge in [-0.05, 0) is 31.2 Å². The molecule has 146 valence electrons. The molecule has 0 saturated heterocycles. The van der Waals surface area contributed by atoms with E-state index in [0.29, 0.717) is 10.3 Å². The van der Waals surface area contributed by atoms with Crippen molar-refractivity contribution in [1.82, 2.24) is 9.97 Å². The molecular weight excluding hydrogens is 416 g/mol. The molecule has 0 unspecified atom stereocenters. The smallest absolute Gasteiger partial charge is 0.236 e. The Morgan fingerprint density at radius 1 is 1.11 bits per heavy atom. The first-order chi connectivity index (χ1) is 13.5. The summed E-state index contributed by atoms with van der Waals surface area (Å²) in [4.78, 5) is 33.4. The lowest BCUT2D eigenvalue weighted by Gasteiger charge is -2.03. The van der Waals surface area contributed by atoms with Gasteiger partial charge in [0, 0.05) is 22.0 Å². The Morgan fingerprint density at radius 2 is 1.79 bits per heavy atom. The van der Waals surface area contributed by atoms with Crippen LogP contribution in [0.4, 0.5) is 10.3 Å². The predicted molar refractivity (Wildman–Crippen MR) is 116 cm³/mol. The first-order valence-electron chi connectivity index (χ1n) is 8.24. The van der Waals surface area contributed by atoms with Gasteiger partial charge in [-0.2, -0.15) is 0 Å². The van der Waals surface area contributed by atoms with Crippen molar-refractivity contribution in [1.29, 1.82) is 0 Å². The summed E-state index contributed by atoms with van der Waals surface area (Å²) in [6, 6.07) is 7.62. The number of thiazole rings is 2. The van der Waals surface area contributed by atoms with Gasteiger partial charge >= 0.3 is 0 Å². The topological polar surface area (TPSA) is 93.2 Å². The van der Waals surface area contributed by atoms with Crippen molar-refractivity contribution in [3.63, 3.8) is 0 Å². The van der Waals surface area contributed by atoms with Gasteiger partial charge in [0.1, 0.15) is 5.75 Å². The zero-order valence-corrected chi connectivity index (χ0v) is 17.7. The number of carbonyl (C=O) groups is 2. The molecule has 0 aliphatic carbocycles. The molecule has 0 aliphatic rings. The molecule has 0 atom stereocenters. The third-order valence-electron chi connectivity index (χ3n) is 3.55. The van der Waals surface area contributed by atoms with E-state index in [1.807, 2.05) is 31.2 Å². The minimum atomic E-state index is -0.193. The molecule has 0 aliphatic heterocycles. The average molecular weight is 435 g/mol. The molecule has 1 aromatic carbocycles. The first-order valence-corrected chi connectivity index (χ1v) is 11.1. The van der Waals surface area contributed by atoms with E-state index in [4.69, 9.17) is 4.74 Å². The number of aryl methyl sites for hydroxylation is 1. The zero-order chi connectivity index (χ0) is 19.9. The highest BCUT2D eigenvalue weighted by Crippen LogP contribution is 2.31. The van der Waals surface area contributed by atoms with Gasteiger partial charge in [-0.1, -0.05) is 0 Å². The molecule has 0 saturated carbocycles. The van der Waals surface area contributed by atoms with Crippen molar-refractivity contribution in [2.75, 3.05) is 29.2 Å². The fourth-order valence-electron chi connectivity index (χ4n) is 2.30. The number of hydrogen-bond donors (Lipinski definition) is 2. The van der Waals surface area contributed by atoms with E-state index < -0.39 is 0 Å². The second kappa shape index (κ2) is 9.67. The summed E-state index contributed by atoms with van der Waals surface area (Å²) in [6.45, 7) is 1.96. The van der Waals surface area contributed by atoms with Crippen LogP contribution in [-0.2, 0) is 9.59 Å². The number of nitrogens with one attached hydrogen (secondary N) is 2. The standard InChI is InChI=1S/C18H18N4O3S3/c1-11-16(12-3-5-13(25-2)6-4-12)22-18(28-11)21-15(24)10-26-9-14(23)20-17-19-7-8-27-17/h3-8H,9-10H2,1-2H3,(H,19,20,23)(H,21,22,24). The van der Waals surface area contributed by atoms with Gasteiger partial charge in [0.2, 0.25) is 11.8 Å². The van der Waals surface area contributed by atoms with Gasteiger partial charge in [-0.3, -0.25) is 9.59 Å². The Kier molecular flexibility index (Phi) is 7.01. The van der Waals surface area contributed by atoms with Crippen molar-refractivity contribution in [3.8, 4) is 17.0 Å². The molecule has 2 amide bonds. The number of anilines is 2. The van der Waals surface area contributed by atoms with E-state index in [2.05, 4.69) is 20.6 Å². The van der Waals surface area contributed by atoms with E-state index in [0.717, 1.165) is 21.9 Å². The number of methoxy groups -OCH3 is 1. The molecule has 0 spiro atoms. The molecule has 0 bridgehead atoms. The lowest BCUT2D eigenvalue weighted by Crippen LogP contribution is -2.18. The van der Waals surface area contributed by atoms with Gasteiger partial charge in [-0.15, -0.1) is 34.4 Å². The Labute approximate surface area is 174 Å². The second-order valence-electron chi connectivity index (χ2n) is 5.58. The van der Waals surface area contributed by atoms with Crippen molar-refractivity contribution >= 4 is 56.5 Å². The van der Waals surface area contributed by atoms with Crippen LogP contribution >= 0.6 is 34.4 Å². The van der Waals surface area contributed by atoms with Crippen LogP contribution in [0.15, 0.2) is 35.8 Å². The number of ether oxygens (including phenoxy) is 1. The van der Waals surface area contributed by atoms with Crippen LogP contribution in [0.25, 0.3) is 11.3 Å². The third kappa shape index (κ3) is 5.54. The van der Waals surface area contributed by atoms with Crippen molar-refractivity contribution in [2.24, 2.45) is 0 Å². The summed E-state index contributed by atoms with van der Waals surface area (Å²) >= 11 is 4.01. The summed E-state index contributed by atoms with van der Waals surface area (Å²) in [5.74, 6) is 0.755. The Bertz CT molecular complexity index is 940. The minimum Gasteiger partial charge on any atom is -0.497 e. The molecule has 3 aromatic rings. The Hall–Kier alpha value is -2.43. The Morgan fingerprint density at radius 3 is 2.39 bits per heavy atom. The quantitative estimate of drug-likeness (QED) is 0.559. The fourth-order valence-corrected chi connectivity index (χ4v) is 4.31. The molecule has 2 aromatic heterocycles. The summed E-state index contributed by atoms with van der Waals surface area (Å²) in [7, 11) is 1.62. The van der Waals surface area contributed by atoms with Crippen LogP contribution in [0.1, 0.15) is 4.88 Å². The highest BCUT2D eigenvalue weighted by Gasteiger charge is 2.13. The SMILES string of the molecule is COc1ccc(-c2nc(NC(=O)CSCC(=O)Nc3nccs3)sc2C)cc1. The summed E-state index contributed by atoms with van der Waals surface area (Å²) in [6.07, 6.45) is 1.62. The van der Waals surface area contributed by atoms with E-state index in [-0.39, 0.29) is 23.3 Å². The van der Waals surface area contributed by atoms with Gasteiger partial charge in [0.25, 0.3) is 0 Å². The van der Waals surface area contributed by atoms with E-state index in [9.17, 15) is 9.59 Å². The molecule has 3 rings (SSSR count). The normalized spacial score (nSPS) is 10.5. The molecular formula is C18H18N4O3S3. The highest BCUT2D eigenvalue weighted by atomic mass is 32.2. The second-order valence-corrected chi connectivity index (χ2v) is 8.66. The van der Waals surface area contributed by atoms with Crippen molar-refractivity contribution < 1.29 is 14.3 Å². The number of thioether (sulfide) groups is 1. The number of benzene rings is 1. The lowest BCUT2D eigenvalue weighted by molar-refractivity contribution is -0.114. The maximum atomic E-state index is 12.1. The molecule has 7 nitrogen and oxygen atoms in total. The van der Waals surface area contributed by atoms with Crippen LogP contribution in [0, 0.1) is 6.92 Å². The van der Waals surface area contributed by atoms with Gasteiger partial charge < -0.3 is 15.4 Å². The van der Waals surface area contributed by atoms with Crippen LogP contribution in [0.3, 0.4) is 0 Å². The van der Waals surface area contributed by atoms with Gasteiger partial charge in [0.05, 0.1) is 24.3 Å². The molecule has 2 heterocycles. The van der Waals surface area contributed by atoms with E-state index >= 15 is 0 Å². The van der Waals surface area contributed by atoms with Crippen molar-refractivity contribution in [2.45, 2.75) is 6.92 Å². The first kappa shape index (κ1) is 20.3. The number of rotatable bonds is 8.